The summed E-state index contributed by atoms with van der Waals surface area (Å²) in [5, 5.41) is 9.48. The van der Waals surface area contributed by atoms with Crippen LogP contribution in [0.4, 0.5) is 5.69 Å². The van der Waals surface area contributed by atoms with Crippen LogP contribution in [0.3, 0.4) is 0 Å². The number of hydrogen-bond acceptors (Lipinski definition) is 2. The van der Waals surface area contributed by atoms with E-state index in [4.69, 9.17) is 0 Å². The molecule has 3 rings (SSSR count). The molecule has 0 saturated carbocycles. The average molecular weight is 269 g/mol. The van der Waals surface area contributed by atoms with Gasteiger partial charge in [-0.3, -0.25) is 9.89 Å². The lowest BCUT2D eigenvalue weighted by Gasteiger charge is -2.19. The Bertz CT molecular complexity index is 644. The Morgan fingerprint density at radius 2 is 2.25 bits per heavy atom. The van der Waals surface area contributed by atoms with Crippen molar-refractivity contribution in [2.24, 2.45) is 0 Å². The number of amides is 1. The van der Waals surface area contributed by atoms with E-state index < -0.39 is 0 Å². The van der Waals surface area contributed by atoms with E-state index in [1.165, 1.54) is 17.3 Å². The number of carbonyl (C=O) groups excluding carboxylic acids is 1. The fraction of sp³-hybridized carbons (Fsp3) is 0.375. The number of hydrogen-bond donors (Lipinski definition) is 2. The number of carbonyl (C=O) groups is 1. The molecular formula is C16H19N3O. The molecule has 104 valence electrons. The van der Waals surface area contributed by atoms with Gasteiger partial charge in [-0.2, -0.15) is 5.10 Å². The van der Waals surface area contributed by atoms with E-state index in [-0.39, 0.29) is 11.3 Å². The quantitative estimate of drug-likeness (QED) is 0.877. The predicted molar refractivity (Wildman–Crippen MR) is 79.0 cm³/mol. The zero-order valence-electron chi connectivity index (χ0n) is 12.0. The van der Waals surface area contributed by atoms with Crippen LogP contribution in [-0.2, 0) is 5.41 Å². The average Bonchev–Trinajstić information content (AvgIpc) is 2.98. The number of aromatic amines is 1. The monoisotopic (exact) mass is 269 g/mol. The summed E-state index contributed by atoms with van der Waals surface area (Å²) in [6.07, 6.45) is 4.25. The van der Waals surface area contributed by atoms with Crippen LogP contribution in [0.2, 0.25) is 0 Å². The molecule has 1 amide bonds. The van der Waals surface area contributed by atoms with E-state index in [9.17, 15) is 4.79 Å². The second-order valence-electron chi connectivity index (χ2n) is 6.20. The molecule has 4 heteroatoms. The van der Waals surface area contributed by atoms with Gasteiger partial charge in [0, 0.05) is 11.9 Å². The highest BCUT2D eigenvalue weighted by Crippen LogP contribution is 2.48. The highest BCUT2D eigenvalue weighted by Gasteiger charge is 2.36. The summed E-state index contributed by atoms with van der Waals surface area (Å²) in [4.78, 5) is 12.2. The number of fused-ring (bicyclic) bond motifs is 1. The van der Waals surface area contributed by atoms with E-state index in [1.54, 1.807) is 6.20 Å². The van der Waals surface area contributed by atoms with E-state index in [0.717, 1.165) is 12.1 Å². The van der Waals surface area contributed by atoms with E-state index >= 15 is 0 Å². The molecule has 0 saturated heterocycles. The summed E-state index contributed by atoms with van der Waals surface area (Å²) in [5.41, 5.74) is 4.26. The molecule has 2 N–H and O–H groups in total. The third kappa shape index (κ3) is 2.01. The summed E-state index contributed by atoms with van der Waals surface area (Å²) in [6.45, 7) is 6.75. The third-order valence-electron chi connectivity index (χ3n) is 4.15. The van der Waals surface area contributed by atoms with Gasteiger partial charge in [-0.1, -0.05) is 32.9 Å². The Labute approximate surface area is 118 Å². The van der Waals surface area contributed by atoms with Crippen molar-refractivity contribution in [1.82, 2.24) is 10.2 Å². The molecule has 0 aliphatic heterocycles. The first-order valence-electron chi connectivity index (χ1n) is 6.92. The third-order valence-corrected chi connectivity index (χ3v) is 4.15. The van der Waals surface area contributed by atoms with E-state index in [2.05, 4.69) is 42.4 Å². The zero-order chi connectivity index (χ0) is 14.3. The second kappa shape index (κ2) is 4.47. The predicted octanol–water partition coefficient (Wildman–Crippen LogP) is 3.45. The van der Waals surface area contributed by atoms with Gasteiger partial charge in [0.2, 0.25) is 0 Å². The molecule has 0 unspecified atom stereocenters. The molecule has 0 radical (unpaired) electrons. The van der Waals surface area contributed by atoms with Crippen LogP contribution in [0.5, 0.6) is 0 Å². The number of H-pyrrole nitrogens is 1. The number of nitrogens with one attached hydrogen (secondary N) is 2. The van der Waals surface area contributed by atoms with Crippen LogP contribution >= 0.6 is 0 Å². The molecule has 0 spiro atoms. The van der Waals surface area contributed by atoms with Crippen molar-refractivity contribution in [2.75, 3.05) is 5.32 Å². The fourth-order valence-electron chi connectivity index (χ4n) is 3.34. The van der Waals surface area contributed by atoms with Gasteiger partial charge in [-0.15, -0.1) is 0 Å². The van der Waals surface area contributed by atoms with Gasteiger partial charge in [0.15, 0.2) is 0 Å². The molecule has 20 heavy (non-hydrogen) atoms. The smallest absolute Gasteiger partial charge is 0.258 e. The minimum absolute atomic E-state index is 0.121. The van der Waals surface area contributed by atoms with Crippen LogP contribution in [0.25, 0.3) is 0 Å². The number of anilines is 1. The number of nitrogens with zero attached hydrogens (tertiary/aromatic N) is 1. The van der Waals surface area contributed by atoms with Gasteiger partial charge in [-0.05, 0) is 34.9 Å². The minimum Gasteiger partial charge on any atom is -0.322 e. The molecule has 4 nitrogen and oxygen atoms in total. The Balaban J connectivity index is 1.97. The van der Waals surface area contributed by atoms with E-state index in [1.807, 2.05) is 12.1 Å². The molecule has 1 atom stereocenters. The van der Waals surface area contributed by atoms with Crippen molar-refractivity contribution in [3.63, 3.8) is 0 Å². The Morgan fingerprint density at radius 3 is 2.95 bits per heavy atom. The van der Waals surface area contributed by atoms with Crippen LogP contribution in [0, 0.1) is 0 Å². The molecule has 1 aliphatic carbocycles. The lowest BCUT2D eigenvalue weighted by Crippen LogP contribution is -2.14. The van der Waals surface area contributed by atoms with Crippen molar-refractivity contribution in [2.45, 2.75) is 38.5 Å². The topological polar surface area (TPSA) is 57.8 Å². The van der Waals surface area contributed by atoms with Gasteiger partial charge in [-0.25, -0.2) is 0 Å². The van der Waals surface area contributed by atoms with Crippen LogP contribution in [0.15, 0.2) is 30.6 Å². The maximum Gasteiger partial charge on any atom is 0.258 e. The van der Waals surface area contributed by atoms with Crippen molar-refractivity contribution in [1.29, 1.82) is 0 Å². The van der Waals surface area contributed by atoms with Gasteiger partial charge in [0.1, 0.15) is 0 Å². The minimum atomic E-state index is -0.121. The van der Waals surface area contributed by atoms with Crippen LogP contribution < -0.4 is 5.32 Å². The Hall–Kier alpha value is -2.10. The van der Waals surface area contributed by atoms with Crippen LogP contribution in [0.1, 0.15) is 54.6 Å². The molecule has 1 aromatic carbocycles. The summed E-state index contributed by atoms with van der Waals surface area (Å²) in [5.74, 6) is 0.338. The summed E-state index contributed by atoms with van der Waals surface area (Å²) >= 11 is 0. The normalized spacial score (nSPS) is 19.6. The number of rotatable bonds is 2. The lowest BCUT2D eigenvalue weighted by atomic mass is 9.86. The molecule has 0 fully saturated rings. The molecule has 0 bridgehead atoms. The highest BCUT2D eigenvalue weighted by atomic mass is 16.1. The first-order valence-corrected chi connectivity index (χ1v) is 6.92. The first-order chi connectivity index (χ1) is 9.49. The molecule has 2 aromatic rings. The first kappa shape index (κ1) is 12.9. The van der Waals surface area contributed by atoms with E-state index in [0.29, 0.717) is 11.5 Å². The van der Waals surface area contributed by atoms with Gasteiger partial charge in [0.05, 0.1) is 11.8 Å². The van der Waals surface area contributed by atoms with Crippen molar-refractivity contribution in [3.8, 4) is 0 Å². The summed E-state index contributed by atoms with van der Waals surface area (Å²) < 4.78 is 0. The fourth-order valence-corrected chi connectivity index (χ4v) is 3.34. The lowest BCUT2D eigenvalue weighted by molar-refractivity contribution is 0.102. The standard InChI is InChI=1S/C16H19N3O/c1-10-7-16(2,3)12-5-4-6-13(14(10)12)19-15(20)11-8-17-18-9-11/h4-6,8-10H,7H2,1-3H3,(H,17,18)(H,19,20)/t10-/m1/s1. The maximum absolute atomic E-state index is 12.2. The number of benzene rings is 1. The molecular weight excluding hydrogens is 250 g/mol. The van der Waals surface area contributed by atoms with Crippen molar-refractivity contribution in [3.05, 3.63) is 47.3 Å². The second-order valence-corrected chi connectivity index (χ2v) is 6.20. The van der Waals surface area contributed by atoms with Crippen molar-refractivity contribution >= 4 is 11.6 Å². The Kier molecular flexibility index (Phi) is 2.89. The van der Waals surface area contributed by atoms with Crippen LogP contribution in [-0.4, -0.2) is 16.1 Å². The largest absolute Gasteiger partial charge is 0.322 e. The van der Waals surface area contributed by atoms with Gasteiger partial charge < -0.3 is 5.32 Å². The Morgan fingerprint density at radius 1 is 1.45 bits per heavy atom. The number of aromatic nitrogens is 2. The van der Waals surface area contributed by atoms with Gasteiger partial charge >= 0.3 is 0 Å². The molecule has 1 heterocycles. The van der Waals surface area contributed by atoms with Gasteiger partial charge in [0.25, 0.3) is 5.91 Å². The maximum atomic E-state index is 12.2. The SMILES string of the molecule is C[C@@H]1CC(C)(C)c2cccc(NC(=O)c3cn[nH]c3)c21. The molecule has 1 aliphatic rings. The van der Waals surface area contributed by atoms with Crippen molar-refractivity contribution < 1.29 is 4.79 Å². The highest BCUT2D eigenvalue weighted by molar-refractivity contribution is 6.04. The summed E-state index contributed by atoms with van der Waals surface area (Å²) in [7, 11) is 0. The summed E-state index contributed by atoms with van der Waals surface area (Å²) in [6, 6.07) is 6.17. The molecule has 1 aromatic heterocycles. The zero-order valence-corrected chi connectivity index (χ0v) is 12.0.